The van der Waals surface area contributed by atoms with Crippen molar-refractivity contribution >= 4 is 26.4 Å². The fourth-order valence-electron chi connectivity index (χ4n) is 2.16. The minimum absolute atomic E-state index is 0.0322. The maximum atomic E-state index is 12.3. The average Bonchev–Trinajstić information content (AvgIpc) is 2.66. The van der Waals surface area contributed by atoms with Crippen molar-refractivity contribution in [2.75, 3.05) is 20.5 Å². The number of methoxy groups -OCH3 is 2. The van der Waals surface area contributed by atoms with E-state index in [2.05, 4.69) is 10.1 Å². The zero-order valence-corrected chi connectivity index (χ0v) is 15.8. The predicted molar refractivity (Wildman–Crippen MR) is 99.7 cm³/mol. The Kier molecular flexibility index (Phi) is 6.67. The fourth-order valence-corrected chi connectivity index (χ4v) is 2.91. The molecule has 1 aromatic carbocycles. The van der Waals surface area contributed by atoms with Gasteiger partial charge in [-0.2, -0.15) is 0 Å². The maximum absolute atomic E-state index is 12.3. The number of hydrogen-bond donors (Lipinski definition) is 0. The van der Waals surface area contributed by atoms with Gasteiger partial charge in [0.1, 0.15) is 5.57 Å². The summed E-state index contributed by atoms with van der Waals surface area (Å²) in [5.41, 5.74) is 0.453. The van der Waals surface area contributed by atoms with E-state index in [1.54, 1.807) is 30.3 Å². The van der Waals surface area contributed by atoms with Crippen LogP contribution in [0.1, 0.15) is 11.1 Å². The van der Waals surface area contributed by atoms with Gasteiger partial charge in [-0.1, -0.05) is 35.5 Å². The van der Waals surface area contributed by atoms with Crippen LogP contribution in [-0.2, 0) is 24.1 Å². The van der Waals surface area contributed by atoms with Crippen molar-refractivity contribution in [1.29, 1.82) is 0 Å². The number of nitrogens with zero attached hydrogens (tertiary/aromatic N) is 2. The van der Waals surface area contributed by atoms with Crippen molar-refractivity contribution in [3.63, 3.8) is 0 Å². The van der Waals surface area contributed by atoms with Crippen molar-refractivity contribution in [1.82, 2.24) is 4.98 Å². The maximum Gasteiger partial charge on any atom is 0.341 e. The van der Waals surface area contributed by atoms with Crippen LogP contribution in [0.15, 0.2) is 60.1 Å². The molecule has 0 saturated carbocycles. The van der Waals surface area contributed by atoms with Crippen molar-refractivity contribution in [3.05, 3.63) is 66.1 Å². The first-order valence-electron chi connectivity index (χ1n) is 7.65. The molecule has 0 aliphatic rings. The van der Waals surface area contributed by atoms with Gasteiger partial charge in [-0.05, 0) is 6.07 Å². The zero-order valence-electron chi connectivity index (χ0n) is 14.9. The second kappa shape index (κ2) is 8.95. The largest absolute Gasteiger partial charge is 0.503 e. The molecule has 0 atom stereocenters. The van der Waals surface area contributed by atoms with Gasteiger partial charge in [-0.3, -0.25) is 0 Å². The summed E-state index contributed by atoms with van der Waals surface area (Å²) in [5, 5.41) is 3.40. The lowest BCUT2D eigenvalue weighted by molar-refractivity contribution is -0.133. The van der Waals surface area contributed by atoms with Gasteiger partial charge in [0.2, 0.25) is 10.9 Å². The molecule has 0 bridgehead atoms. The highest BCUT2D eigenvalue weighted by Gasteiger charge is 2.25. The molecule has 0 spiro atoms. The van der Waals surface area contributed by atoms with Crippen molar-refractivity contribution in [2.45, 2.75) is 0 Å². The second-order valence-corrected chi connectivity index (χ2v) is 7.16. The smallest absolute Gasteiger partial charge is 0.341 e. The van der Waals surface area contributed by atoms with Gasteiger partial charge in [0, 0.05) is 29.6 Å². The van der Waals surface area contributed by atoms with Gasteiger partial charge < -0.3 is 14.3 Å². The van der Waals surface area contributed by atoms with Gasteiger partial charge in [0.15, 0.2) is 9.84 Å². The van der Waals surface area contributed by atoms with Gasteiger partial charge in [-0.15, -0.1) is 0 Å². The Morgan fingerprint density at radius 3 is 2.30 bits per heavy atom. The molecular formula is C18H18N2O6S. The summed E-state index contributed by atoms with van der Waals surface area (Å²) in [6.07, 6.45) is 3.64. The van der Waals surface area contributed by atoms with Crippen LogP contribution in [0.25, 0.3) is 5.57 Å². The molecule has 0 saturated heterocycles. The first-order valence-corrected chi connectivity index (χ1v) is 9.54. The normalized spacial score (nSPS) is 12.4. The Morgan fingerprint density at radius 1 is 1.07 bits per heavy atom. The van der Waals surface area contributed by atoms with Crippen LogP contribution >= 0.6 is 0 Å². The highest BCUT2D eigenvalue weighted by Crippen LogP contribution is 2.23. The lowest BCUT2D eigenvalue weighted by Gasteiger charge is -2.12. The van der Waals surface area contributed by atoms with E-state index in [4.69, 9.17) is 14.3 Å². The van der Waals surface area contributed by atoms with Gasteiger partial charge in [-0.25, -0.2) is 18.2 Å². The number of esters is 1. The number of ether oxygens (including phenoxy) is 2. The van der Waals surface area contributed by atoms with E-state index in [0.29, 0.717) is 0 Å². The number of oxime groups is 1. The molecule has 9 heteroatoms. The number of benzene rings is 1. The third-order valence-corrected chi connectivity index (χ3v) is 4.30. The molecule has 2 rings (SSSR count). The average molecular weight is 390 g/mol. The summed E-state index contributed by atoms with van der Waals surface area (Å²) < 4.78 is 34.3. The van der Waals surface area contributed by atoms with Crippen LogP contribution in [0.5, 0.6) is 5.88 Å². The molecular weight excluding hydrogens is 372 g/mol. The summed E-state index contributed by atoms with van der Waals surface area (Å²) in [7, 11) is -1.24. The van der Waals surface area contributed by atoms with E-state index in [0.717, 1.165) is 6.26 Å². The van der Waals surface area contributed by atoms with E-state index >= 15 is 0 Å². The molecule has 0 amide bonds. The molecule has 0 unspecified atom stereocenters. The number of rotatable bonds is 6. The standard InChI is InChI=1S/C18H18N2O6S/c1-24-12-15(18(21)25-2)13-8-4-5-9-14(13)17(27(3,22)23)20-26-16-10-6-7-11-19-16/h4-12H,1-3H3. The van der Waals surface area contributed by atoms with Gasteiger partial charge in [0.05, 0.1) is 20.5 Å². The molecule has 0 aliphatic heterocycles. The molecule has 0 fully saturated rings. The Balaban J connectivity index is 2.61. The topological polar surface area (TPSA) is 104 Å². The Labute approximate surface area is 157 Å². The van der Waals surface area contributed by atoms with Crippen molar-refractivity contribution in [2.24, 2.45) is 5.16 Å². The summed E-state index contributed by atoms with van der Waals surface area (Å²) in [6.45, 7) is 0. The minimum Gasteiger partial charge on any atom is -0.503 e. The number of hydrogen-bond acceptors (Lipinski definition) is 8. The van der Waals surface area contributed by atoms with Crippen LogP contribution < -0.4 is 4.84 Å². The van der Waals surface area contributed by atoms with E-state index in [-0.39, 0.29) is 27.6 Å². The summed E-state index contributed by atoms with van der Waals surface area (Å²) >= 11 is 0. The lowest BCUT2D eigenvalue weighted by atomic mass is 10.0. The number of pyridine rings is 1. The van der Waals surface area contributed by atoms with Gasteiger partial charge >= 0.3 is 5.97 Å². The van der Waals surface area contributed by atoms with Crippen LogP contribution in [0, 0.1) is 0 Å². The second-order valence-electron chi connectivity index (χ2n) is 5.23. The molecule has 1 aromatic heterocycles. The van der Waals surface area contributed by atoms with Crippen molar-refractivity contribution in [3.8, 4) is 5.88 Å². The van der Waals surface area contributed by atoms with Crippen LogP contribution in [0.4, 0.5) is 0 Å². The highest BCUT2D eigenvalue weighted by molar-refractivity contribution is 8.06. The minimum atomic E-state index is -3.81. The molecule has 2 aromatic rings. The number of carbonyl (C=O) groups excluding carboxylic acids is 1. The zero-order chi connectivity index (χ0) is 19.9. The highest BCUT2D eigenvalue weighted by atomic mass is 32.2. The number of aromatic nitrogens is 1. The lowest BCUT2D eigenvalue weighted by Crippen LogP contribution is -2.19. The number of carbonyl (C=O) groups is 1. The van der Waals surface area contributed by atoms with Crippen LogP contribution in [-0.4, -0.2) is 44.9 Å². The predicted octanol–water partition coefficient (Wildman–Crippen LogP) is 2.03. The molecule has 142 valence electrons. The van der Waals surface area contributed by atoms with Crippen LogP contribution in [0.3, 0.4) is 0 Å². The molecule has 0 N–H and O–H groups in total. The first kappa shape index (κ1) is 20.1. The summed E-state index contributed by atoms with van der Waals surface area (Å²) in [4.78, 5) is 21.2. The SMILES string of the molecule is COC=C(C(=O)OC)c1ccccc1C(=NOc1ccccn1)S(C)(=O)=O. The quantitative estimate of drug-likeness (QED) is 0.186. The first-order chi connectivity index (χ1) is 12.9. The molecule has 0 aliphatic carbocycles. The summed E-state index contributed by atoms with van der Waals surface area (Å²) in [6, 6.07) is 11.2. The fraction of sp³-hybridized carbons (Fsp3) is 0.167. The van der Waals surface area contributed by atoms with E-state index < -0.39 is 15.8 Å². The molecule has 0 radical (unpaired) electrons. The van der Waals surface area contributed by atoms with E-state index in [9.17, 15) is 13.2 Å². The Hall–Kier alpha value is -3.20. The Bertz CT molecular complexity index is 968. The van der Waals surface area contributed by atoms with Crippen molar-refractivity contribution < 1.29 is 27.5 Å². The number of sulfone groups is 1. The third kappa shape index (κ3) is 5.14. The van der Waals surface area contributed by atoms with E-state index in [1.807, 2.05) is 0 Å². The van der Waals surface area contributed by atoms with Gasteiger partial charge in [0.25, 0.3) is 0 Å². The third-order valence-electron chi connectivity index (χ3n) is 3.30. The Morgan fingerprint density at radius 2 is 1.74 bits per heavy atom. The molecule has 8 nitrogen and oxygen atoms in total. The van der Waals surface area contributed by atoms with E-state index in [1.165, 1.54) is 38.8 Å². The molecule has 1 heterocycles. The monoisotopic (exact) mass is 390 g/mol. The molecule has 27 heavy (non-hydrogen) atoms. The van der Waals surface area contributed by atoms with Crippen LogP contribution in [0.2, 0.25) is 0 Å². The summed E-state index contributed by atoms with van der Waals surface area (Å²) in [5.74, 6) is -0.570.